The van der Waals surface area contributed by atoms with Gasteiger partial charge in [-0.15, -0.1) is 0 Å². The van der Waals surface area contributed by atoms with Crippen molar-refractivity contribution in [2.24, 2.45) is 0 Å². The topological polar surface area (TPSA) is 118 Å². The van der Waals surface area contributed by atoms with Crippen LogP contribution in [0.25, 0.3) is 0 Å². The Morgan fingerprint density at radius 3 is 1.89 bits per heavy atom. The number of carbonyl (C=O) groups is 3. The van der Waals surface area contributed by atoms with Crippen LogP contribution >= 0.6 is 0 Å². The summed E-state index contributed by atoms with van der Waals surface area (Å²) in [6.45, 7) is 13.4. The van der Waals surface area contributed by atoms with Crippen molar-refractivity contribution in [3.8, 4) is 0 Å². The minimum atomic E-state index is -0.604. The maximum atomic E-state index is 12.3. The molecule has 0 spiro atoms. The number of likely N-dealkylation sites (tertiary alicyclic amines) is 1. The third-order valence-corrected chi connectivity index (χ3v) is 5.10. The van der Waals surface area contributed by atoms with Gasteiger partial charge in [0.2, 0.25) is 0 Å². The van der Waals surface area contributed by atoms with Crippen LogP contribution in [0.2, 0.25) is 0 Å². The molecule has 0 bridgehead atoms. The second kappa shape index (κ2) is 13.3. The average molecular weight is 507 g/mol. The van der Waals surface area contributed by atoms with Gasteiger partial charge >= 0.3 is 18.3 Å². The highest BCUT2D eigenvalue weighted by molar-refractivity contribution is 5.69. The minimum Gasteiger partial charge on any atom is -0.445 e. The molecule has 1 heterocycles. The number of ether oxygens (including phenoxy) is 3. The van der Waals surface area contributed by atoms with Crippen molar-refractivity contribution in [2.45, 2.75) is 84.3 Å². The van der Waals surface area contributed by atoms with E-state index in [4.69, 9.17) is 14.2 Å². The van der Waals surface area contributed by atoms with E-state index in [-0.39, 0.29) is 18.7 Å². The molecular formula is C26H42N4O6. The monoisotopic (exact) mass is 506 g/mol. The fourth-order valence-corrected chi connectivity index (χ4v) is 3.80. The molecule has 10 nitrogen and oxygen atoms in total. The van der Waals surface area contributed by atoms with Gasteiger partial charge in [-0.25, -0.2) is 14.4 Å². The largest absolute Gasteiger partial charge is 0.445 e. The van der Waals surface area contributed by atoms with Crippen molar-refractivity contribution >= 4 is 18.3 Å². The number of hydrogen-bond donors (Lipinski definition) is 3. The van der Waals surface area contributed by atoms with Crippen LogP contribution in [0.3, 0.4) is 0 Å². The molecule has 1 aliphatic heterocycles. The van der Waals surface area contributed by atoms with E-state index in [1.54, 1.807) is 0 Å². The fourth-order valence-electron chi connectivity index (χ4n) is 3.80. The molecule has 2 atom stereocenters. The SMILES string of the molecule is CC(C)(C)OC(=O)NC1CC(NC(=O)OC(C)(C)C)CN(CCCNC(=O)OCc2ccccc2)C1. The molecule has 0 aromatic heterocycles. The van der Waals surface area contributed by atoms with Gasteiger partial charge in [0.25, 0.3) is 0 Å². The maximum absolute atomic E-state index is 12.3. The summed E-state index contributed by atoms with van der Waals surface area (Å²) in [5.41, 5.74) is -0.283. The molecule has 3 amide bonds. The summed E-state index contributed by atoms with van der Waals surface area (Å²) in [5, 5.41) is 8.59. The highest BCUT2D eigenvalue weighted by Gasteiger charge is 2.31. The molecule has 1 aliphatic rings. The van der Waals surface area contributed by atoms with Crippen LogP contribution in [0.1, 0.15) is 59.9 Å². The predicted molar refractivity (Wildman–Crippen MR) is 137 cm³/mol. The molecule has 1 aromatic carbocycles. The smallest absolute Gasteiger partial charge is 0.407 e. The summed E-state index contributed by atoms with van der Waals surface area (Å²) in [7, 11) is 0. The van der Waals surface area contributed by atoms with Crippen molar-refractivity contribution in [2.75, 3.05) is 26.2 Å². The molecule has 2 rings (SSSR count). The Morgan fingerprint density at radius 1 is 0.861 bits per heavy atom. The number of hydrogen-bond acceptors (Lipinski definition) is 7. The summed E-state index contributed by atoms with van der Waals surface area (Å²) < 4.78 is 16.0. The molecule has 0 aliphatic carbocycles. The van der Waals surface area contributed by atoms with E-state index in [2.05, 4.69) is 20.9 Å². The van der Waals surface area contributed by atoms with E-state index >= 15 is 0 Å². The highest BCUT2D eigenvalue weighted by atomic mass is 16.6. The van der Waals surface area contributed by atoms with Crippen molar-refractivity contribution in [3.05, 3.63) is 35.9 Å². The molecule has 0 radical (unpaired) electrons. The lowest BCUT2D eigenvalue weighted by molar-refractivity contribution is 0.0412. The molecule has 2 unspecified atom stereocenters. The lowest BCUT2D eigenvalue weighted by Gasteiger charge is -2.38. The third-order valence-electron chi connectivity index (χ3n) is 5.10. The van der Waals surface area contributed by atoms with Crippen LogP contribution in [-0.2, 0) is 20.8 Å². The zero-order chi connectivity index (χ0) is 26.8. The van der Waals surface area contributed by atoms with Crippen molar-refractivity contribution in [1.82, 2.24) is 20.9 Å². The van der Waals surface area contributed by atoms with Crippen molar-refractivity contribution in [1.29, 1.82) is 0 Å². The van der Waals surface area contributed by atoms with Gasteiger partial charge in [-0.05, 0) is 66.5 Å². The Bertz CT molecular complexity index is 812. The first kappa shape index (κ1) is 29.2. The van der Waals surface area contributed by atoms with Gasteiger partial charge in [0.15, 0.2) is 0 Å². The molecule has 1 fully saturated rings. The van der Waals surface area contributed by atoms with Crippen molar-refractivity contribution < 1.29 is 28.6 Å². The van der Waals surface area contributed by atoms with E-state index in [1.165, 1.54) is 0 Å². The third kappa shape index (κ3) is 12.6. The van der Waals surface area contributed by atoms with Crippen LogP contribution < -0.4 is 16.0 Å². The van der Waals surface area contributed by atoms with E-state index < -0.39 is 29.5 Å². The zero-order valence-electron chi connectivity index (χ0n) is 22.4. The van der Waals surface area contributed by atoms with E-state index in [0.717, 1.165) is 5.56 Å². The summed E-state index contributed by atoms with van der Waals surface area (Å²) in [6, 6.07) is 9.07. The number of nitrogens with one attached hydrogen (secondary N) is 3. The van der Waals surface area contributed by atoms with Gasteiger partial charge in [0.05, 0.1) is 0 Å². The number of nitrogens with zero attached hydrogens (tertiary/aromatic N) is 1. The summed E-state index contributed by atoms with van der Waals surface area (Å²) in [5.74, 6) is 0. The summed E-state index contributed by atoms with van der Waals surface area (Å²) in [6.07, 6.45) is -0.217. The lowest BCUT2D eigenvalue weighted by atomic mass is 10.0. The Kier molecular flexibility index (Phi) is 10.8. The first-order chi connectivity index (χ1) is 16.8. The normalized spacial score (nSPS) is 18.6. The second-order valence-electron chi connectivity index (χ2n) is 11.0. The van der Waals surface area contributed by atoms with Crippen LogP contribution in [0, 0.1) is 0 Å². The van der Waals surface area contributed by atoms with Crippen LogP contribution in [0.15, 0.2) is 30.3 Å². The maximum Gasteiger partial charge on any atom is 0.407 e. The van der Waals surface area contributed by atoms with E-state index in [9.17, 15) is 14.4 Å². The molecule has 36 heavy (non-hydrogen) atoms. The highest BCUT2D eigenvalue weighted by Crippen LogP contribution is 2.15. The quantitative estimate of drug-likeness (QED) is 0.363. The number of rotatable bonds is 8. The Balaban J connectivity index is 1.83. The summed E-state index contributed by atoms with van der Waals surface area (Å²) in [4.78, 5) is 38.8. The molecule has 0 saturated carbocycles. The van der Waals surface area contributed by atoms with Gasteiger partial charge in [-0.1, -0.05) is 30.3 Å². The summed E-state index contributed by atoms with van der Waals surface area (Å²) >= 11 is 0. The van der Waals surface area contributed by atoms with Gasteiger partial charge in [0, 0.05) is 31.7 Å². The van der Waals surface area contributed by atoms with Crippen molar-refractivity contribution in [3.63, 3.8) is 0 Å². The lowest BCUT2D eigenvalue weighted by Crippen LogP contribution is -2.58. The van der Waals surface area contributed by atoms with E-state index in [1.807, 2.05) is 71.9 Å². The zero-order valence-corrected chi connectivity index (χ0v) is 22.4. The van der Waals surface area contributed by atoms with E-state index in [0.29, 0.717) is 39.0 Å². The molecular weight excluding hydrogens is 464 g/mol. The predicted octanol–water partition coefficient (Wildman–Crippen LogP) is 3.80. The van der Waals surface area contributed by atoms with Gasteiger partial charge in [-0.2, -0.15) is 0 Å². The van der Waals surface area contributed by atoms with Gasteiger partial charge in [0.1, 0.15) is 17.8 Å². The van der Waals surface area contributed by atoms with Crippen LogP contribution in [0.4, 0.5) is 14.4 Å². The first-order valence-electron chi connectivity index (χ1n) is 12.4. The molecule has 1 saturated heterocycles. The standard InChI is InChI=1S/C26H42N4O6/c1-25(2,3)35-23(32)28-20-15-21(29-24(33)36-26(4,5)6)17-30(16-20)14-10-13-27-22(31)34-18-19-11-8-7-9-12-19/h7-9,11-12,20-21H,10,13-18H2,1-6H3,(H,27,31)(H,28,32)(H,29,33). The number of amides is 3. The van der Waals surface area contributed by atoms with Crippen LogP contribution in [-0.4, -0.2) is 72.6 Å². The average Bonchev–Trinajstić information content (AvgIpc) is 2.73. The number of benzene rings is 1. The molecule has 202 valence electrons. The fraction of sp³-hybridized carbons (Fsp3) is 0.654. The Hall–Kier alpha value is -3.01. The van der Waals surface area contributed by atoms with Gasteiger partial charge < -0.3 is 30.2 Å². The molecule has 1 aromatic rings. The minimum absolute atomic E-state index is 0.211. The number of alkyl carbamates (subject to hydrolysis) is 3. The Labute approximate surface area is 214 Å². The number of piperidine rings is 1. The Morgan fingerprint density at radius 2 is 1.39 bits per heavy atom. The molecule has 10 heteroatoms. The second-order valence-corrected chi connectivity index (χ2v) is 11.0. The van der Waals surface area contributed by atoms with Crippen LogP contribution in [0.5, 0.6) is 0 Å². The number of carbonyl (C=O) groups excluding carboxylic acids is 3. The molecule has 3 N–H and O–H groups in total. The first-order valence-corrected chi connectivity index (χ1v) is 12.4. The van der Waals surface area contributed by atoms with Gasteiger partial charge in [-0.3, -0.25) is 4.90 Å².